The highest BCUT2D eigenvalue weighted by atomic mass is 16.3. The van der Waals surface area contributed by atoms with Crippen molar-refractivity contribution in [3.05, 3.63) is 0 Å². The maximum Gasteiger partial charge on any atom is 0.0620 e. The summed E-state index contributed by atoms with van der Waals surface area (Å²) in [5.74, 6) is 2.84. The van der Waals surface area contributed by atoms with Gasteiger partial charge < -0.3 is 5.11 Å². The van der Waals surface area contributed by atoms with Gasteiger partial charge in [-0.2, -0.15) is 0 Å². The van der Waals surface area contributed by atoms with Gasteiger partial charge in [-0.15, -0.1) is 0 Å². The van der Waals surface area contributed by atoms with Gasteiger partial charge in [0.2, 0.25) is 0 Å². The van der Waals surface area contributed by atoms with Gasteiger partial charge in [-0.25, -0.2) is 0 Å². The first-order valence-electron chi connectivity index (χ1n) is 6.83. The second-order valence-corrected chi connectivity index (χ2v) is 6.18. The van der Waals surface area contributed by atoms with Crippen molar-refractivity contribution in [1.29, 1.82) is 0 Å². The molecule has 0 heterocycles. The Balaban J connectivity index is 1.96. The quantitative estimate of drug-likeness (QED) is 0.699. The number of hydrogen-bond donors (Lipinski definition) is 1. The molecule has 2 rings (SSSR count). The normalized spacial score (nSPS) is 47.0. The third-order valence-electron chi connectivity index (χ3n) is 4.93. The molecule has 2 aliphatic carbocycles. The smallest absolute Gasteiger partial charge is 0.0620 e. The van der Waals surface area contributed by atoms with Gasteiger partial charge >= 0.3 is 0 Å². The fourth-order valence-electron chi connectivity index (χ4n) is 3.65. The van der Waals surface area contributed by atoms with Crippen LogP contribution in [0.1, 0.15) is 65.2 Å². The molecule has 0 aromatic carbocycles. The number of hydrogen-bond acceptors (Lipinski definition) is 1. The summed E-state index contributed by atoms with van der Waals surface area (Å²) in [6.07, 6.45) is 10.3. The maximum atomic E-state index is 10.1. The Kier molecular flexibility index (Phi) is 3.39. The number of aliphatic hydroxyl groups is 1. The van der Waals surface area contributed by atoms with Gasteiger partial charge in [0.1, 0.15) is 0 Å². The summed E-state index contributed by atoms with van der Waals surface area (Å²) < 4.78 is 0. The van der Waals surface area contributed by atoms with Crippen LogP contribution >= 0.6 is 0 Å². The van der Waals surface area contributed by atoms with E-state index in [9.17, 15) is 5.11 Å². The molecule has 2 saturated carbocycles. The van der Waals surface area contributed by atoms with Crippen LogP contribution in [0.3, 0.4) is 0 Å². The van der Waals surface area contributed by atoms with Crippen molar-refractivity contribution in [2.45, 2.75) is 70.8 Å². The average molecular weight is 210 g/mol. The minimum atomic E-state index is -0.362. The highest BCUT2D eigenvalue weighted by molar-refractivity contribution is 4.87. The van der Waals surface area contributed by atoms with Gasteiger partial charge in [0, 0.05) is 0 Å². The van der Waals surface area contributed by atoms with Crippen LogP contribution in [0.2, 0.25) is 0 Å². The van der Waals surface area contributed by atoms with Crippen LogP contribution in [-0.2, 0) is 0 Å². The fourth-order valence-corrected chi connectivity index (χ4v) is 3.65. The Morgan fingerprint density at radius 3 is 2.40 bits per heavy atom. The monoisotopic (exact) mass is 210 g/mol. The van der Waals surface area contributed by atoms with Gasteiger partial charge in [-0.1, -0.05) is 19.8 Å². The first-order chi connectivity index (χ1) is 7.11. The molecule has 88 valence electrons. The molecule has 0 bridgehead atoms. The lowest BCUT2D eigenvalue weighted by Crippen LogP contribution is -2.23. The molecule has 4 atom stereocenters. The van der Waals surface area contributed by atoms with Crippen molar-refractivity contribution in [3.8, 4) is 0 Å². The van der Waals surface area contributed by atoms with Crippen LogP contribution in [0.5, 0.6) is 0 Å². The highest BCUT2D eigenvalue weighted by Crippen LogP contribution is 2.44. The lowest BCUT2D eigenvalue weighted by molar-refractivity contribution is 0.0427. The number of fused-ring (bicyclic) bond motifs is 1. The predicted octanol–water partition coefficient (Wildman–Crippen LogP) is 3.75. The summed E-state index contributed by atoms with van der Waals surface area (Å²) in [6.45, 7) is 4.36. The molecule has 0 spiro atoms. The summed E-state index contributed by atoms with van der Waals surface area (Å²) in [5.41, 5.74) is -0.362. The Bertz CT molecular complexity index is 209. The SMILES string of the molecule is CCC1CCC2CCC(C)(O)CCC2C1. The zero-order valence-corrected chi connectivity index (χ0v) is 10.3. The maximum absolute atomic E-state index is 10.1. The summed E-state index contributed by atoms with van der Waals surface area (Å²) in [4.78, 5) is 0. The summed E-state index contributed by atoms with van der Waals surface area (Å²) in [5, 5.41) is 10.1. The molecule has 0 saturated heterocycles. The molecule has 2 aliphatic rings. The van der Waals surface area contributed by atoms with Crippen LogP contribution in [0.4, 0.5) is 0 Å². The van der Waals surface area contributed by atoms with Crippen LogP contribution in [-0.4, -0.2) is 10.7 Å². The Labute approximate surface area is 94.3 Å². The highest BCUT2D eigenvalue weighted by Gasteiger charge is 2.35. The van der Waals surface area contributed by atoms with E-state index in [4.69, 9.17) is 0 Å². The molecular formula is C14H26O. The van der Waals surface area contributed by atoms with Crippen LogP contribution in [0, 0.1) is 17.8 Å². The number of rotatable bonds is 1. The topological polar surface area (TPSA) is 20.2 Å². The van der Waals surface area contributed by atoms with Crippen molar-refractivity contribution in [2.24, 2.45) is 17.8 Å². The minimum Gasteiger partial charge on any atom is -0.390 e. The second kappa shape index (κ2) is 4.45. The standard InChI is InChI=1S/C14H26O/c1-3-11-4-5-12-6-8-14(2,15)9-7-13(12)10-11/h11-13,15H,3-10H2,1-2H3. The van der Waals surface area contributed by atoms with Crippen molar-refractivity contribution in [2.75, 3.05) is 0 Å². The Hall–Kier alpha value is -0.0400. The predicted molar refractivity (Wildman–Crippen MR) is 63.7 cm³/mol. The van der Waals surface area contributed by atoms with Crippen LogP contribution in [0.25, 0.3) is 0 Å². The molecule has 1 nitrogen and oxygen atoms in total. The van der Waals surface area contributed by atoms with Crippen LogP contribution < -0.4 is 0 Å². The average Bonchev–Trinajstić information content (AvgIpc) is 2.38. The Morgan fingerprint density at radius 1 is 1.07 bits per heavy atom. The summed E-state index contributed by atoms with van der Waals surface area (Å²) in [7, 11) is 0. The van der Waals surface area contributed by atoms with Gasteiger partial charge in [0.15, 0.2) is 0 Å². The fraction of sp³-hybridized carbons (Fsp3) is 1.00. The lowest BCUT2D eigenvalue weighted by atomic mass is 9.71. The molecule has 15 heavy (non-hydrogen) atoms. The van der Waals surface area contributed by atoms with Gasteiger partial charge in [0.25, 0.3) is 0 Å². The molecule has 2 fully saturated rings. The summed E-state index contributed by atoms with van der Waals surface area (Å²) in [6, 6.07) is 0. The summed E-state index contributed by atoms with van der Waals surface area (Å²) >= 11 is 0. The first kappa shape index (κ1) is 11.4. The first-order valence-corrected chi connectivity index (χ1v) is 6.83. The van der Waals surface area contributed by atoms with E-state index in [1.165, 1.54) is 38.5 Å². The van der Waals surface area contributed by atoms with E-state index < -0.39 is 0 Å². The van der Waals surface area contributed by atoms with E-state index in [2.05, 4.69) is 6.92 Å². The molecule has 0 amide bonds. The molecule has 4 unspecified atom stereocenters. The van der Waals surface area contributed by atoms with E-state index in [0.717, 1.165) is 30.6 Å². The molecule has 1 heteroatoms. The van der Waals surface area contributed by atoms with Gasteiger partial charge in [0.05, 0.1) is 5.60 Å². The molecule has 0 aromatic rings. The van der Waals surface area contributed by atoms with Gasteiger partial charge in [-0.05, 0) is 63.2 Å². The van der Waals surface area contributed by atoms with Crippen molar-refractivity contribution in [3.63, 3.8) is 0 Å². The lowest BCUT2D eigenvalue weighted by Gasteiger charge is -2.34. The van der Waals surface area contributed by atoms with E-state index in [-0.39, 0.29) is 5.60 Å². The molecule has 0 aromatic heterocycles. The third kappa shape index (κ3) is 2.75. The second-order valence-electron chi connectivity index (χ2n) is 6.18. The van der Waals surface area contributed by atoms with Crippen molar-refractivity contribution in [1.82, 2.24) is 0 Å². The zero-order valence-electron chi connectivity index (χ0n) is 10.3. The Morgan fingerprint density at radius 2 is 1.73 bits per heavy atom. The molecular weight excluding hydrogens is 184 g/mol. The minimum absolute atomic E-state index is 0.362. The van der Waals surface area contributed by atoms with E-state index in [1.807, 2.05) is 6.92 Å². The zero-order chi connectivity index (χ0) is 10.9. The van der Waals surface area contributed by atoms with E-state index >= 15 is 0 Å². The van der Waals surface area contributed by atoms with E-state index in [0.29, 0.717) is 0 Å². The van der Waals surface area contributed by atoms with Gasteiger partial charge in [-0.3, -0.25) is 0 Å². The van der Waals surface area contributed by atoms with E-state index in [1.54, 1.807) is 0 Å². The molecule has 0 aliphatic heterocycles. The largest absolute Gasteiger partial charge is 0.390 e. The van der Waals surface area contributed by atoms with Crippen molar-refractivity contribution < 1.29 is 5.11 Å². The van der Waals surface area contributed by atoms with Crippen molar-refractivity contribution >= 4 is 0 Å². The molecule has 1 N–H and O–H groups in total. The third-order valence-corrected chi connectivity index (χ3v) is 4.93. The van der Waals surface area contributed by atoms with Crippen LogP contribution in [0.15, 0.2) is 0 Å². The molecule has 0 radical (unpaired) electrons.